The topological polar surface area (TPSA) is 68.0 Å². The second kappa shape index (κ2) is 7.42. The van der Waals surface area contributed by atoms with Crippen LogP contribution >= 0.6 is 0 Å². The summed E-state index contributed by atoms with van der Waals surface area (Å²) in [5, 5.41) is 10.2. The fraction of sp³-hybridized carbons (Fsp3) is 0.211. The van der Waals surface area contributed by atoms with E-state index in [1.807, 2.05) is 42.5 Å². The third-order valence-electron chi connectivity index (χ3n) is 3.69. The maximum Gasteiger partial charge on any atom is 0.224 e. The third-order valence-corrected chi connectivity index (χ3v) is 3.69. The van der Waals surface area contributed by atoms with Crippen LogP contribution in [0.5, 0.6) is 0 Å². The van der Waals surface area contributed by atoms with Crippen molar-refractivity contribution in [2.24, 2.45) is 0 Å². The lowest BCUT2D eigenvalue weighted by molar-refractivity contribution is -0.119. The van der Waals surface area contributed by atoms with Gasteiger partial charge in [0.1, 0.15) is 11.0 Å². The third kappa shape index (κ3) is 3.99. The van der Waals surface area contributed by atoms with Crippen molar-refractivity contribution in [1.29, 1.82) is 0 Å². The molecule has 0 spiro atoms. The molecule has 0 unspecified atom stereocenters. The number of nitrogens with one attached hydrogen (secondary N) is 1. The van der Waals surface area contributed by atoms with Crippen molar-refractivity contribution in [3.8, 4) is 11.8 Å². The van der Waals surface area contributed by atoms with Crippen molar-refractivity contribution in [2.45, 2.75) is 19.3 Å². The summed E-state index contributed by atoms with van der Waals surface area (Å²) in [6.07, 6.45) is 2.06. The highest BCUT2D eigenvalue weighted by Crippen LogP contribution is 2.11. The molecule has 3 aromatic rings. The minimum atomic E-state index is 0.0212. The van der Waals surface area contributed by atoms with Crippen LogP contribution in [0.25, 0.3) is 11.0 Å². The van der Waals surface area contributed by atoms with Gasteiger partial charge in [0.05, 0.1) is 6.42 Å². The lowest BCUT2D eigenvalue weighted by atomic mass is 10.1. The Labute approximate surface area is 140 Å². The molecule has 0 fully saturated rings. The fourth-order valence-corrected chi connectivity index (χ4v) is 2.33. The molecule has 1 aromatic heterocycles. The predicted octanol–water partition coefficient (Wildman–Crippen LogP) is 2.50. The first-order valence-corrected chi connectivity index (χ1v) is 7.74. The summed E-state index contributed by atoms with van der Waals surface area (Å²) in [6.45, 7) is 0. The van der Waals surface area contributed by atoms with Gasteiger partial charge in [0, 0.05) is 19.0 Å². The molecule has 1 heterocycles. The molecule has 0 radical (unpaired) electrons. The van der Waals surface area contributed by atoms with Crippen LogP contribution in [0.4, 0.5) is 0 Å². The zero-order chi connectivity index (χ0) is 16.8. The van der Waals surface area contributed by atoms with Gasteiger partial charge >= 0.3 is 0 Å². The summed E-state index contributed by atoms with van der Waals surface area (Å²) in [7, 11) is 1.65. The lowest BCUT2D eigenvalue weighted by Crippen LogP contribution is -2.19. The van der Waals surface area contributed by atoms with Gasteiger partial charge in [0.25, 0.3) is 0 Å². The number of nitrogens with zero attached hydrogens (tertiary/aromatic N) is 2. The first-order chi connectivity index (χ1) is 11.7. The molecule has 2 aromatic carbocycles. The van der Waals surface area contributed by atoms with E-state index in [-0.39, 0.29) is 5.91 Å². The lowest BCUT2D eigenvalue weighted by Gasteiger charge is -2.02. The first-order valence-electron chi connectivity index (χ1n) is 7.74. The Morgan fingerprint density at radius 2 is 1.83 bits per heavy atom. The van der Waals surface area contributed by atoms with E-state index in [0.717, 1.165) is 29.5 Å². The monoisotopic (exact) mass is 319 g/mol. The number of hydrogen-bond donors (Lipinski definition) is 1. The number of aromatic nitrogens is 2. The van der Waals surface area contributed by atoms with Gasteiger partial charge < -0.3 is 5.32 Å². The smallest absolute Gasteiger partial charge is 0.224 e. The molecule has 0 aliphatic rings. The molecule has 120 valence electrons. The molecule has 0 atom stereocenters. The zero-order valence-electron chi connectivity index (χ0n) is 13.4. The van der Waals surface area contributed by atoms with Crippen molar-refractivity contribution < 1.29 is 9.42 Å². The number of carbonyl (C=O) groups excluding carboxylic acids is 1. The highest BCUT2D eigenvalue weighted by atomic mass is 16.6. The van der Waals surface area contributed by atoms with E-state index >= 15 is 0 Å². The van der Waals surface area contributed by atoms with Crippen LogP contribution < -0.4 is 5.32 Å². The minimum Gasteiger partial charge on any atom is -0.359 e. The van der Waals surface area contributed by atoms with Gasteiger partial charge in [-0.3, -0.25) is 4.79 Å². The Morgan fingerprint density at radius 1 is 1.08 bits per heavy atom. The molecule has 0 saturated carbocycles. The second-order valence-corrected chi connectivity index (χ2v) is 5.44. The summed E-state index contributed by atoms with van der Waals surface area (Å²) in [5.41, 5.74) is 4.57. The van der Waals surface area contributed by atoms with Crippen LogP contribution in [-0.2, 0) is 17.6 Å². The molecule has 1 amide bonds. The van der Waals surface area contributed by atoms with E-state index in [2.05, 4.69) is 32.1 Å². The SMILES string of the molecule is CNC(=O)Cc1ccc(CCC#Cc2ccc3nonc3c2)cc1. The molecule has 0 saturated heterocycles. The summed E-state index contributed by atoms with van der Waals surface area (Å²) in [5.74, 6) is 6.32. The number of carbonyl (C=O) groups is 1. The van der Waals surface area contributed by atoms with Crippen LogP contribution in [0.3, 0.4) is 0 Å². The molecule has 3 rings (SSSR count). The van der Waals surface area contributed by atoms with E-state index in [1.165, 1.54) is 5.56 Å². The molecule has 5 heteroatoms. The van der Waals surface area contributed by atoms with Crippen LogP contribution in [0.2, 0.25) is 0 Å². The Bertz CT molecular complexity index is 902. The van der Waals surface area contributed by atoms with Crippen molar-refractivity contribution in [2.75, 3.05) is 7.05 Å². The second-order valence-electron chi connectivity index (χ2n) is 5.44. The Morgan fingerprint density at radius 3 is 2.62 bits per heavy atom. The molecular formula is C19H17N3O2. The molecule has 24 heavy (non-hydrogen) atoms. The van der Waals surface area contributed by atoms with E-state index in [0.29, 0.717) is 11.9 Å². The largest absolute Gasteiger partial charge is 0.359 e. The average molecular weight is 319 g/mol. The van der Waals surface area contributed by atoms with E-state index in [4.69, 9.17) is 0 Å². The average Bonchev–Trinajstić information content (AvgIpc) is 3.07. The van der Waals surface area contributed by atoms with Gasteiger partial charge in [-0.1, -0.05) is 36.1 Å². The highest BCUT2D eigenvalue weighted by Gasteiger charge is 2.01. The minimum absolute atomic E-state index is 0.0212. The zero-order valence-corrected chi connectivity index (χ0v) is 13.4. The summed E-state index contributed by atoms with van der Waals surface area (Å²) >= 11 is 0. The van der Waals surface area contributed by atoms with Gasteiger partial charge in [0.15, 0.2) is 0 Å². The Balaban J connectivity index is 1.55. The molecule has 5 nitrogen and oxygen atoms in total. The normalized spacial score (nSPS) is 10.2. The number of likely N-dealkylation sites (N-methyl/N-ethyl adjacent to an activating group) is 1. The van der Waals surface area contributed by atoms with E-state index in [9.17, 15) is 4.79 Å². The molecular weight excluding hydrogens is 302 g/mol. The van der Waals surface area contributed by atoms with Gasteiger partial charge in [0.2, 0.25) is 5.91 Å². The van der Waals surface area contributed by atoms with Crippen molar-refractivity contribution in [3.63, 3.8) is 0 Å². The van der Waals surface area contributed by atoms with Crippen LogP contribution in [0, 0.1) is 11.8 Å². The van der Waals surface area contributed by atoms with Gasteiger partial charge in [-0.25, -0.2) is 4.63 Å². The fourth-order valence-electron chi connectivity index (χ4n) is 2.33. The van der Waals surface area contributed by atoms with Gasteiger partial charge in [-0.15, -0.1) is 0 Å². The number of amides is 1. The molecule has 0 bridgehead atoms. The number of rotatable bonds is 4. The Kier molecular flexibility index (Phi) is 4.87. The predicted molar refractivity (Wildman–Crippen MR) is 91.2 cm³/mol. The Hall–Kier alpha value is -3.13. The standard InChI is InChI=1S/C19H17N3O2/c1-20-19(23)13-16-8-6-14(7-9-16)4-2-3-5-15-10-11-17-18(12-15)22-24-21-17/h6-12H,2,4,13H2,1H3,(H,20,23). The van der Waals surface area contributed by atoms with Crippen molar-refractivity contribution in [3.05, 3.63) is 59.2 Å². The number of benzene rings is 2. The van der Waals surface area contributed by atoms with Gasteiger partial charge in [-0.2, -0.15) is 0 Å². The maximum absolute atomic E-state index is 11.3. The molecule has 0 aliphatic heterocycles. The van der Waals surface area contributed by atoms with Crippen LogP contribution in [0.1, 0.15) is 23.1 Å². The number of aryl methyl sites for hydroxylation is 1. The van der Waals surface area contributed by atoms with E-state index in [1.54, 1.807) is 7.05 Å². The first kappa shape index (κ1) is 15.8. The van der Waals surface area contributed by atoms with Crippen LogP contribution in [-0.4, -0.2) is 23.3 Å². The molecule has 1 N–H and O–H groups in total. The van der Waals surface area contributed by atoms with Crippen molar-refractivity contribution >= 4 is 16.9 Å². The summed E-state index contributed by atoms with van der Waals surface area (Å²) in [6, 6.07) is 13.7. The van der Waals surface area contributed by atoms with Gasteiger partial charge in [-0.05, 0) is 46.1 Å². The highest BCUT2D eigenvalue weighted by molar-refractivity contribution is 5.78. The number of fused-ring (bicyclic) bond motifs is 1. The molecule has 0 aliphatic carbocycles. The van der Waals surface area contributed by atoms with Crippen LogP contribution in [0.15, 0.2) is 47.1 Å². The summed E-state index contributed by atoms with van der Waals surface area (Å²) < 4.78 is 4.67. The maximum atomic E-state index is 11.3. The quantitative estimate of drug-likeness (QED) is 0.750. The van der Waals surface area contributed by atoms with Crippen molar-refractivity contribution in [1.82, 2.24) is 15.6 Å². The van der Waals surface area contributed by atoms with E-state index < -0.39 is 0 Å². The number of hydrogen-bond acceptors (Lipinski definition) is 4. The summed E-state index contributed by atoms with van der Waals surface area (Å²) in [4.78, 5) is 11.3.